The van der Waals surface area contributed by atoms with Crippen molar-refractivity contribution in [2.45, 2.75) is 46.1 Å². The van der Waals surface area contributed by atoms with Crippen molar-refractivity contribution in [1.82, 2.24) is 14.7 Å². The van der Waals surface area contributed by atoms with E-state index in [1.165, 1.54) is 0 Å². The Bertz CT molecular complexity index is 912. The molecule has 0 saturated carbocycles. The highest BCUT2D eigenvalue weighted by Gasteiger charge is 2.25. The van der Waals surface area contributed by atoms with E-state index in [9.17, 15) is 9.59 Å². The third kappa shape index (κ3) is 5.75. The van der Waals surface area contributed by atoms with Crippen LogP contribution in [-0.4, -0.2) is 46.7 Å². The highest BCUT2D eigenvalue weighted by atomic mass is 35.5. The van der Waals surface area contributed by atoms with Crippen molar-refractivity contribution in [3.05, 3.63) is 40.7 Å². The van der Waals surface area contributed by atoms with Crippen molar-refractivity contribution >= 4 is 29.1 Å². The Kier molecular flexibility index (Phi) is 7.37. The average Bonchev–Trinajstić information content (AvgIpc) is 3.03. The van der Waals surface area contributed by atoms with Gasteiger partial charge in [-0.05, 0) is 63.3 Å². The summed E-state index contributed by atoms with van der Waals surface area (Å²) in [6.45, 7) is 5.60. The maximum absolute atomic E-state index is 12.7. The standard InChI is InChI=1S/C22H29ClN4O3/c1-15-11-16(2)27(25-15)14-22(29)26-10-4-5-17(13-26)6-9-21(28)24-19-12-18(23)7-8-20(19)30-3/h7-8,11-12,17H,4-6,9-10,13-14H2,1-3H3,(H,24,28)/t17-/m0/s1. The van der Waals surface area contributed by atoms with Gasteiger partial charge >= 0.3 is 0 Å². The molecular weight excluding hydrogens is 404 g/mol. The number of benzene rings is 1. The Morgan fingerprint density at radius 3 is 2.80 bits per heavy atom. The number of anilines is 1. The summed E-state index contributed by atoms with van der Waals surface area (Å²) in [5, 5.41) is 7.79. The van der Waals surface area contributed by atoms with E-state index in [-0.39, 0.29) is 18.4 Å². The Balaban J connectivity index is 1.50. The number of aromatic nitrogens is 2. The molecule has 1 aliphatic rings. The van der Waals surface area contributed by atoms with Crippen LogP contribution in [-0.2, 0) is 16.1 Å². The molecule has 30 heavy (non-hydrogen) atoms. The smallest absolute Gasteiger partial charge is 0.244 e. The molecule has 2 aromatic rings. The summed E-state index contributed by atoms with van der Waals surface area (Å²) in [6.07, 6.45) is 3.10. The van der Waals surface area contributed by atoms with Gasteiger partial charge in [0, 0.05) is 30.2 Å². The van der Waals surface area contributed by atoms with E-state index in [1.54, 1.807) is 30.0 Å². The molecule has 0 unspecified atom stereocenters. The number of nitrogens with one attached hydrogen (secondary N) is 1. The monoisotopic (exact) mass is 432 g/mol. The van der Waals surface area contributed by atoms with Crippen LogP contribution in [0.3, 0.4) is 0 Å². The normalized spacial score (nSPS) is 16.4. The predicted octanol–water partition coefficient (Wildman–Crippen LogP) is 3.82. The number of piperidine rings is 1. The van der Waals surface area contributed by atoms with Crippen molar-refractivity contribution in [2.75, 3.05) is 25.5 Å². The SMILES string of the molecule is COc1ccc(Cl)cc1NC(=O)CC[C@@H]1CCCN(C(=O)Cn2nc(C)cc2C)C1. The van der Waals surface area contributed by atoms with Gasteiger partial charge in [0.2, 0.25) is 11.8 Å². The topological polar surface area (TPSA) is 76.5 Å². The van der Waals surface area contributed by atoms with Gasteiger partial charge in [0.1, 0.15) is 12.3 Å². The fraction of sp³-hybridized carbons (Fsp3) is 0.500. The third-order valence-electron chi connectivity index (χ3n) is 5.48. The van der Waals surface area contributed by atoms with E-state index in [2.05, 4.69) is 10.4 Å². The Morgan fingerprint density at radius 1 is 1.30 bits per heavy atom. The summed E-state index contributed by atoms with van der Waals surface area (Å²) < 4.78 is 7.03. The van der Waals surface area contributed by atoms with Gasteiger partial charge in [-0.25, -0.2) is 0 Å². The molecule has 0 bridgehead atoms. The molecule has 0 spiro atoms. The molecule has 1 aromatic heterocycles. The van der Waals surface area contributed by atoms with Crippen molar-refractivity contribution in [1.29, 1.82) is 0 Å². The van der Waals surface area contributed by atoms with Crippen molar-refractivity contribution in [3.8, 4) is 5.75 Å². The first-order valence-corrected chi connectivity index (χ1v) is 10.7. The molecule has 8 heteroatoms. The number of hydrogen-bond acceptors (Lipinski definition) is 4. The minimum absolute atomic E-state index is 0.0818. The Hall–Kier alpha value is -2.54. The lowest BCUT2D eigenvalue weighted by atomic mass is 9.93. The molecule has 162 valence electrons. The molecule has 1 atom stereocenters. The highest BCUT2D eigenvalue weighted by Crippen LogP contribution is 2.28. The van der Waals surface area contributed by atoms with Crippen LogP contribution in [0, 0.1) is 19.8 Å². The van der Waals surface area contributed by atoms with Crippen LogP contribution in [0.25, 0.3) is 0 Å². The zero-order valence-electron chi connectivity index (χ0n) is 17.8. The van der Waals surface area contributed by atoms with Gasteiger partial charge in [0.15, 0.2) is 0 Å². The molecule has 1 N–H and O–H groups in total. The summed E-state index contributed by atoms with van der Waals surface area (Å²) in [6, 6.07) is 7.10. The van der Waals surface area contributed by atoms with Crippen LogP contribution in [0.1, 0.15) is 37.1 Å². The predicted molar refractivity (Wildman–Crippen MR) is 117 cm³/mol. The maximum Gasteiger partial charge on any atom is 0.244 e. The van der Waals surface area contributed by atoms with Crippen LogP contribution in [0.4, 0.5) is 5.69 Å². The van der Waals surface area contributed by atoms with Crippen LogP contribution >= 0.6 is 11.6 Å². The lowest BCUT2D eigenvalue weighted by molar-refractivity contribution is -0.133. The lowest BCUT2D eigenvalue weighted by Crippen LogP contribution is -2.42. The van der Waals surface area contributed by atoms with Crippen LogP contribution in [0.15, 0.2) is 24.3 Å². The van der Waals surface area contributed by atoms with Crippen LogP contribution in [0.2, 0.25) is 5.02 Å². The lowest BCUT2D eigenvalue weighted by Gasteiger charge is -2.33. The first-order valence-electron chi connectivity index (χ1n) is 10.3. The van der Waals surface area contributed by atoms with Crippen molar-refractivity contribution in [3.63, 3.8) is 0 Å². The number of methoxy groups -OCH3 is 1. The average molecular weight is 433 g/mol. The number of rotatable bonds is 7. The molecule has 2 heterocycles. The fourth-order valence-electron chi connectivity index (χ4n) is 3.92. The Labute approximate surface area is 182 Å². The van der Waals surface area contributed by atoms with Crippen LogP contribution in [0.5, 0.6) is 5.75 Å². The van der Waals surface area contributed by atoms with E-state index >= 15 is 0 Å². The van der Waals surface area contributed by atoms with Gasteiger partial charge in [-0.3, -0.25) is 14.3 Å². The molecule has 7 nitrogen and oxygen atoms in total. The van der Waals surface area contributed by atoms with E-state index in [0.29, 0.717) is 35.3 Å². The summed E-state index contributed by atoms with van der Waals surface area (Å²) in [5.41, 5.74) is 2.47. The van der Waals surface area contributed by atoms with E-state index < -0.39 is 0 Å². The number of halogens is 1. The highest BCUT2D eigenvalue weighted by molar-refractivity contribution is 6.31. The van der Waals surface area contributed by atoms with Gasteiger partial charge in [-0.15, -0.1) is 0 Å². The second-order valence-electron chi connectivity index (χ2n) is 7.86. The number of amides is 2. The van der Waals surface area contributed by atoms with Gasteiger partial charge in [0.05, 0.1) is 18.5 Å². The maximum atomic E-state index is 12.7. The van der Waals surface area contributed by atoms with Crippen molar-refractivity contribution in [2.24, 2.45) is 5.92 Å². The number of hydrogen-bond donors (Lipinski definition) is 1. The van der Waals surface area contributed by atoms with Crippen molar-refractivity contribution < 1.29 is 14.3 Å². The van der Waals surface area contributed by atoms with E-state index in [1.807, 2.05) is 24.8 Å². The summed E-state index contributed by atoms with van der Waals surface area (Å²) in [5.74, 6) is 0.891. The second kappa shape index (κ2) is 9.98. The number of ether oxygens (including phenoxy) is 1. The number of likely N-dealkylation sites (tertiary alicyclic amines) is 1. The van der Waals surface area contributed by atoms with Gasteiger partial charge in [-0.2, -0.15) is 5.10 Å². The summed E-state index contributed by atoms with van der Waals surface area (Å²) in [7, 11) is 1.55. The minimum Gasteiger partial charge on any atom is -0.495 e. The first-order chi connectivity index (χ1) is 14.4. The van der Waals surface area contributed by atoms with Gasteiger partial charge in [-0.1, -0.05) is 11.6 Å². The molecule has 1 fully saturated rings. The largest absolute Gasteiger partial charge is 0.495 e. The Morgan fingerprint density at radius 2 is 2.10 bits per heavy atom. The molecule has 1 aromatic carbocycles. The van der Waals surface area contributed by atoms with Gasteiger partial charge < -0.3 is 15.0 Å². The second-order valence-corrected chi connectivity index (χ2v) is 8.30. The quantitative estimate of drug-likeness (QED) is 0.721. The zero-order chi connectivity index (χ0) is 21.7. The first kappa shape index (κ1) is 22.2. The van der Waals surface area contributed by atoms with E-state index in [4.69, 9.17) is 16.3 Å². The molecule has 3 rings (SSSR count). The fourth-order valence-corrected chi connectivity index (χ4v) is 4.09. The molecule has 1 aliphatic heterocycles. The number of aryl methyl sites for hydroxylation is 2. The summed E-state index contributed by atoms with van der Waals surface area (Å²) >= 11 is 6.02. The molecule has 0 aliphatic carbocycles. The molecule has 2 amide bonds. The molecular formula is C22H29ClN4O3. The van der Waals surface area contributed by atoms with Gasteiger partial charge in [0.25, 0.3) is 0 Å². The number of carbonyl (C=O) groups is 2. The molecule has 1 saturated heterocycles. The summed E-state index contributed by atoms with van der Waals surface area (Å²) in [4.78, 5) is 27.1. The third-order valence-corrected chi connectivity index (χ3v) is 5.71. The molecule has 0 radical (unpaired) electrons. The number of nitrogens with zero attached hydrogens (tertiary/aromatic N) is 3. The number of carbonyl (C=O) groups excluding carboxylic acids is 2. The minimum atomic E-state index is -0.0818. The van der Waals surface area contributed by atoms with Crippen LogP contribution < -0.4 is 10.1 Å². The van der Waals surface area contributed by atoms with E-state index in [0.717, 1.165) is 37.2 Å². The zero-order valence-corrected chi connectivity index (χ0v) is 18.5.